The normalized spacial score (nSPS) is 17.4. The minimum atomic E-state index is -0.201. The Morgan fingerprint density at radius 1 is 1.23 bits per heavy atom. The molecule has 0 aliphatic carbocycles. The molecule has 0 bridgehead atoms. The zero-order valence-electron chi connectivity index (χ0n) is 15.7. The van der Waals surface area contributed by atoms with Crippen molar-refractivity contribution in [2.45, 2.75) is 47.1 Å². The molecule has 26 heavy (non-hydrogen) atoms. The zero-order chi connectivity index (χ0) is 19.0. The van der Waals surface area contributed by atoms with Crippen LogP contribution in [0.25, 0.3) is 11.9 Å². The van der Waals surface area contributed by atoms with Gasteiger partial charge in [-0.3, -0.25) is 14.5 Å². The Morgan fingerprint density at radius 2 is 1.96 bits per heavy atom. The van der Waals surface area contributed by atoms with E-state index in [0.29, 0.717) is 4.91 Å². The Morgan fingerprint density at radius 3 is 2.58 bits per heavy atom. The maximum Gasteiger partial charge on any atom is 0.293 e. The quantitative estimate of drug-likeness (QED) is 0.737. The summed E-state index contributed by atoms with van der Waals surface area (Å²) in [6, 6.07) is 5.94. The Bertz CT molecular complexity index is 897. The molecular formula is C20H23N3O2S. The molecule has 0 aromatic carbocycles. The van der Waals surface area contributed by atoms with Crippen molar-refractivity contribution < 1.29 is 9.59 Å². The second kappa shape index (κ2) is 7.11. The molecule has 0 saturated carbocycles. The Kier molecular flexibility index (Phi) is 5.05. The smallest absolute Gasteiger partial charge is 0.293 e. The van der Waals surface area contributed by atoms with Crippen molar-refractivity contribution in [3.63, 3.8) is 0 Å². The van der Waals surface area contributed by atoms with Gasteiger partial charge in [0.05, 0.1) is 4.91 Å². The molecule has 1 atom stereocenters. The summed E-state index contributed by atoms with van der Waals surface area (Å²) in [5.41, 5.74) is 4.06. The maximum absolute atomic E-state index is 12.6. The molecule has 1 aliphatic rings. The number of pyridine rings is 1. The highest BCUT2D eigenvalue weighted by atomic mass is 32.2. The minimum absolute atomic E-state index is 0.0856. The standard InChI is InChI=1S/C20H23N3O2S/c1-6-13(3)23-19(24)17(26-20(23)25)10-16-9-14(4)22(15(16)5)18-8-7-12(2)11-21-18/h7-11,13H,6H2,1-5H3/b17-10-/t13-/m1/s1. The highest BCUT2D eigenvalue weighted by molar-refractivity contribution is 8.18. The van der Waals surface area contributed by atoms with E-state index in [1.807, 2.05) is 65.1 Å². The third kappa shape index (κ3) is 3.21. The summed E-state index contributed by atoms with van der Waals surface area (Å²) in [5, 5.41) is -0.190. The molecule has 1 aliphatic heterocycles. The number of amides is 2. The van der Waals surface area contributed by atoms with Gasteiger partial charge in [0.25, 0.3) is 11.1 Å². The number of hydrogen-bond donors (Lipinski definition) is 0. The van der Waals surface area contributed by atoms with Gasteiger partial charge < -0.3 is 4.57 Å². The Labute approximate surface area is 158 Å². The molecule has 0 N–H and O–H groups in total. The van der Waals surface area contributed by atoms with Gasteiger partial charge >= 0.3 is 0 Å². The predicted octanol–water partition coefficient (Wildman–Crippen LogP) is 4.63. The number of aromatic nitrogens is 2. The van der Waals surface area contributed by atoms with Crippen LogP contribution < -0.4 is 0 Å². The predicted molar refractivity (Wildman–Crippen MR) is 105 cm³/mol. The van der Waals surface area contributed by atoms with Crippen molar-refractivity contribution in [3.05, 3.63) is 51.8 Å². The average molecular weight is 369 g/mol. The number of hydrogen-bond acceptors (Lipinski definition) is 4. The molecule has 0 radical (unpaired) electrons. The molecule has 136 valence electrons. The van der Waals surface area contributed by atoms with Gasteiger partial charge in [0.15, 0.2) is 0 Å². The van der Waals surface area contributed by atoms with Crippen LogP contribution in [-0.4, -0.2) is 31.6 Å². The molecule has 2 aromatic rings. The van der Waals surface area contributed by atoms with Crippen LogP contribution in [0.4, 0.5) is 4.79 Å². The van der Waals surface area contributed by atoms with Gasteiger partial charge in [-0.25, -0.2) is 4.98 Å². The summed E-state index contributed by atoms with van der Waals surface area (Å²) in [6.07, 6.45) is 4.41. The van der Waals surface area contributed by atoms with E-state index >= 15 is 0 Å². The fourth-order valence-electron chi connectivity index (χ4n) is 3.06. The average Bonchev–Trinajstić information content (AvgIpc) is 3.04. The zero-order valence-corrected chi connectivity index (χ0v) is 16.6. The third-order valence-corrected chi connectivity index (χ3v) is 5.62. The van der Waals surface area contributed by atoms with Gasteiger partial charge in [-0.1, -0.05) is 13.0 Å². The lowest BCUT2D eigenvalue weighted by Crippen LogP contribution is -2.36. The number of aryl methyl sites for hydroxylation is 2. The molecule has 2 amide bonds. The first kappa shape index (κ1) is 18.5. The summed E-state index contributed by atoms with van der Waals surface area (Å²) < 4.78 is 2.06. The molecule has 0 spiro atoms. The molecule has 3 heterocycles. The number of nitrogens with zero attached hydrogens (tertiary/aromatic N) is 3. The number of rotatable bonds is 4. The van der Waals surface area contributed by atoms with Crippen LogP contribution >= 0.6 is 11.8 Å². The third-order valence-electron chi connectivity index (χ3n) is 4.74. The molecule has 2 aromatic heterocycles. The van der Waals surface area contributed by atoms with Gasteiger partial charge in [-0.15, -0.1) is 0 Å². The van der Waals surface area contributed by atoms with E-state index in [4.69, 9.17) is 0 Å². The van der Waals surface area contributed by atoms with E-state index < -0.39 is 0 Å². The van der Waals surface area contributed by atoms with E-state index in [1.54, 1.807) is 0 Å². The molecule has 3 rings (SSSR count). The first-order valence-electron chi connectivity index (χ1n) is 8.72. The molecule has 1 fully saturated rings. The van der Waals surface area contributed by atoms with Crippen molar-refractivity contribution in [1.82, 2.24) is 14.5 Å². The molecule has 1 saturated heterocycles. The fourth-order valence-corrected chi connectivity index (χ4v) is 3.98. The Balaban J connectivity index is 1.98. The first-order valence-corrected chi connectivity index (χ1v) is 9.54. The number of imide groups is 1. The molecule has 6 heteroatoms. The molecule has 5 nitrogen and oxygen atoms in total. The Hall–Kier alpha value is -2.34. The van der Waals surface area contributed by atoms with Gasteiger partial charge in [0, 0.05) is 23.6 Å². The van der Waals surface area contributed by atoms with Crippen molar-refractivity contribution in [2.75, 3.05) is 0 Å². The largest absolute Gasteiger partial charge is 0.303 e. The van der Waals surface area contributed by atoms with E-state index in [-0.39, 0.29) is 17.2 Å². The van der Waals surface area contributed by atoms with E-state index in [2.05, 4.69) is 9.55 Å². The maximum atomic E-state index is 12.6. The van der Waals surface area contributed by atoms with Crippen LogP contribution in [-0.2, 0) is 4.79 Å². The van der Waals surface area contributed by atoms with Crippen molar-refractivity contribution in [2.24, 2.45) is 0 Å². The number of carbonyl (C=O) groups is 2. The van der Waals surface area contributed by atoms with Crippen molar-refractivity contribution >= 4 is 29.0 Å². The summed E-state index contributed by atoms with van der Waals surface area (Å²) in [5.74, 6) is 0.644. The monoisotopic (exact) mass is 369 g/mol. The second-order valence-corrected chi connectivity index (χ2v) is 7.66. The lowest BCUT2D eigenvalue weighted by atomic mass is 10.2. The summed E-state index contributed by atoms with van der Waals surface area (Å²) in [7, 11) is 0. The summed E-state index contributed by atoms with van der Waals surface area (Å²) in [4.78, 5) is 31.2. The van der Waals surface area contributed by atoms with Gasteiger partial charge in [0.2, 0.25) is 0 Å². The second-order valence-electron chi connectivity index (χ2n) is 6.66. The van der Waals surface area contributed by atoms with E-state index in [9.17, 15) is 9.59 Å². The molecule has 0 unspecified atom stereocenters. The van der Waals surface area contributed by atoms with Crippen LogP contribution in [0, 0.1) is 20.8 Å². The first-order chi connectivity index (χ1) is 12.3. The van der Waals surface area contributed by atoms with Crippen LogP contribution in [0.2, 0.25) is 0 Å². The number of thioether (sulfide) groups is 1. The van der Waals surface area contributed by atoms with Crippen LogP contribution in [0.3, 0.4) is 0 Å². The van der Waals surface area contributed by atoms with Gasteiger partial charge in [-0.05, 0) is 75.2 Å². The summed E-state index contributed by atoms with van der Waals surface area (Å²) >= 11 is 1.02. The van der Waals surface area contributed by atoms with E-state index in [0.717, 1.165) is 46.5 Å². The van der Waals surface area contributed by atoms with Crippen LogP contribution in [0.1, 0.15) is 42.8 Å². The van der Waals surface area contributed by atoms with Crippen molar-refractivity contribution in [3.8, 4) is 5.82 Å². The fraction of sp³-hybridized carbons (Fsp3) is 0.350. The van der Waals surface area contributed by atoms with Gasteiger partial charge in [-0.2, -0.15) is 0 Å². The highest BCUT2D eigenvalue weighted by Gasteiger charge is 2.37. The van der Waals surface area contributed by atoms with Crippen LogP contribution in [0.15, 0.2) is 29.3 Å². The lowest BCUT2D eigenvalue weighted by Gasteiger charge is -2.19. The SMILES string of the molecule is CC[C@@H](C)N1C(=O)S/C(=C\c2cc(C)n(-c3ccc(C)cn3)c2C)C1=O. The number of carbonyl (C=O) groups excluding carboxylic acids is 2. The topological polar surface area (TPSA) is 55.2 Å². The molecular weight excluding hydrogens is 346 g/mol. The highest BCUT2D eigenvalue weighted by Crippen LogP contribution is 2.35. The van der Waals surface area contributed by atoms with Gasteiger partial charge in [0.1, 0.15) is 5.82 Å². The van der Waals surface area contributed by atoms with Crippen molar-refractivity contribution in [1.29, 1.82) is 0 Å². The lowest BCUT2D eigenvalue weighted by molar-refractivity contribution is -0.124. The van der Waals surface area contributed by atoms with Crippen LogP contribution in [0.5, 0.6) is 0 Å². The minimum Gasteiger partial charge on any atom is -0.303 e. The summed E-state index contributed by atoms with van der Waals surface area (Å²) in [6.45, 7) is 9.88. The van der Waals surface area contributed by atoms with E-state index in [1.165, 1.54) is 4.90 Å².